The number of benzene rings is 2. The molecule has 0 bridgehead atoms. The van der Waals surface area contributed by atoms with E-state index in [1.807, 2.05) is 31.2 Å². The number of aryl methyl sites for hydroxylation is 1. The highest BCUT2D eigenvalue weighted by atomic mass is 35.5. The molecule has 4 nitrogen and oxygen atoms in total. The van der Waals surface area contributed by atoms with Crippen molar-refractivity contribution in [2.45, 2.75) is 33.1 Å². The van der Waals surface area contributed by atoms with E-state index in [2.05, 4.69) is 36.2 Å². The fourth-order valence-electron chi connectivity index (χ4n) is 2.08. The van der Waals surface area contributed by atoms with Gasteiger partial charge in [0, 0.05) is 5.02 Å². The third-order valence-corrected chi connectivity index (χ3v) is 3.56. The van der Waals surface area contributed by atoms with Crippen LogP contribution in [-0.2, 0) is 5.41 Å². The highest BCUT2D eigenvalue weighted by molar-refractivity contribution is 6.31. The SMILES string of the molecule is Cc1cccc(C(C)(C)C)c1O.Clc1ccc2n[nH]nc2c1. The molecule has 0 atom stereocenters. The molecule has 0 spiro atoms. The Kier molecular flexibility index (Phi) is 4.71. The summed E-state index contributed by atoms with van der Waals surface area (Å²) >= 11 is 5.69. The van der Waals surface area contributed by atoms with E-state index in [1.54, 1.807) is 12.1 Å². The molecule has 0 amide bonds. The van der Waals surface area contributed by atoms with Gasteiger partial charge in [0.15, 0.2) is 0 Å². The number of para-hydroxylation sites is 1. The first-order valence-corrected chi connectivity index (χ1v) is 7.42. The first-order chi connectivity index (χ1) is 10.3. The van der Waals surface area contributed by atoms with Crippen molar-refractivity contribution in [3.63, 3.8) is 0 Å². The average Bonchev–Trinajstić information content (AvgIpc) is 2.88. The van der Waals surface area contributed by atoms with Gasteiger partial charge in [-0.25, -0.2) is 0 Å². The Bertz CT molecular complexity index is 775. The molecular formula is C17H20ClN3O. The summed E-state index contributed by atoms with van der Waals surface area (Å²) in [5.41, 5.74) is 3.62. The molecule has 1 heterocycles. The number of nitrogens with zero attached hydrogens (tertiary/aromatic N) is 2. The van der Waals surface area contributed by atoms with E-state index >= 15 is 0 Å². The average molecular weight is 318 g/mol. The minimum absolute atomic E-state index is 0.0239. The standard InChI is InChI=1S/C11H16O.C6H4ClN3/c1-8-6-5-7-9(10(8)12)11(2,3)4;7-4-1-2-5-6(3-4)9-10-8-5/h5-7,12H,1-4H3;1-3H,(H,8,9,10). The van der Waals surface area contributed by atoms with E-state index in [0.29, 0.717) is 10.8 Å². The van der Waals surface area contributed by atoms with Gasteiger partial charge < -0.3 is 5.11 Å². The van der Waals surface area contributed by atoms with Crippen LogP contribution in [0, 0.1) is 6.92 Å². The van der Waals surface area contributed by atoms with Gasteiger partial charge in [0.05, 0.1) is 0 Å². The second kappa shape index (κ2) is 6.36. The first-order valence-electron chi connectivity index (χ1n) is 7.04. The van der Waals surface area contributed by atoms with Crippen molar-refractivity contribution in [1.29, 1.82) is 0 Å². The summed E-state index contributed by atoms with van der Waals surface area (Å²) in [6, 6.07) is 11.2. The lowest BCUT2D eigenvalue weighted by molar-refractivity contribution is 0.443. The van der Waals surface area contributed by atoms with Crippen molar-refractivity contribution >= 4 is 22.6 Å². The van der Waals surface area contributed by atoms with E-state index < -0.39 is 0 Å². The number of aromatic hydroxyl groups is 1. The van der Waals surface area contributed by atoms with Crippen LogP contribution in [0.2, 0.25) is 5.02 Å². The van der Waals surface area contributed by atoms with E-state index in [9.17, 15) is 5.11 Å². The van der Waals surface area contributed by atoms with Crippen molar-refractivity contribution in [3.05, 3.63) is 52.5 Å². The monoisotopic (exact) mass is 317 g/mol. The molecule has 1 aromatic heterocycles. The molecule has 3 rings (SSSR count). The van der Waals surface area contributed by atoms with Crippen LogP contribution in [0.5, 0.6) is 5.75 Å². The predicted octanol–water partition coefficient (Wildman–Crippen LogP) is 4.61. The molecule has 22 heavy (non-hydrogen) atoms. The largest absolute Gasteiger partial charge is 0.507 e. The van der Waals surface area contributed by atoms with Gasteiger partial charge in [-0.15, -0.1) is 0 Å². The van der Waals surface area contributed by atoms with E-state index in [1.165, 1.54) is 0 Å². The third-order valence-electron chi connectivity index (χ3n) is 3.32. The van der Waals surface area contributed by atoms with Gasteiger partial charge >= 0.3 is 0 Å². The summed E-state index contributed by atoms with van der Waals surface area (Å²) in [6.07, 6.45) is 0. The Balaban J connectivity index is 0.000000162. The molecule has 0 saturated heterocycles. The maximum Gasteiger partial charge on any atom is 0.122 e. The van der Waals surface area contributed by atoms with Crippen molar-refractivity contribution in [1.82, 2.24) is 15.4 Å². The molecule has 116 valence electrons. The maximum absolute atomic E-state index is 9.73. The molecule has 0 aliphatic rings. The van der Waals surface area contributed by atoms with Crippen LogP contribution in [0.4, 0.5) is 0 Å². The van der Waals surface area contributed by atoms with Crippen LogP contribution in [0.3, 0.4) is 0 Å². The number of rotatable bonds is 0. The molecule has 2 N–H and O–H groups in total. The number of halogens is 1. The molecule has 0 aliphatic heterocycles. The molecule has 0 aliphatic carbocycles. The topological polar surface area (TPSA) is 61.8 Å². The van der Waals surface area contributed by atoms with Crippen molar-refractivity contribution in [3.8, 4) is 5.75 Å². The fourth-order valence-corrected chi connectivity index (χ4v) is 2.24. The lowest BCUT2D eigenvalue weighted by Crippen LogP contribution is -2.11. The molecule has 3 aromatic rings. The highest BCUT2D eigenvalue weighted by Gasteiger charge is 2.18. The number of H-pyrrole nitrogens is 1. The van der Waals surface area contributed by atoms with E-state index in [4.69, 9.17) is 11.6 Å². The Morgan fingerprint density at radius 2 is 1.73 bits per heavy atom. The van der Waals surface area contributed by atoms with Crippen molar-refractivity contribution in [2.24, 2.45) is 0 Å². The van der Waals surface area contributed by atoms with Gasteiger partial charge in [0.25, 0.3) is 0 Å². The molecule has 0 fully saturated rings. The van der Waals surface area contributed by atoms with Crippen LogP contribution in [0.25, 0.3) is 11.0 Å². The summed E-state index contributed by atoms with van der Waals surface area (Å²) in [5.74, 6) is 0.435. The zero-order valence-corrected chi connectivity index (χ0v) is 13.9. The summed E-state index contributed by atoms with van der Waals surface area (Å²) in [7, 11) is 0. The van der Waals surface area contributed by atoms with Gasteiger partial charge in [0.1, 0.15) is 16.8 Å². The maximum atomic E-state index is 9.73. The second-order valence-electron chi connectivity index (χ2n) is 6.18. The van der Waals surface area contributed by atoms with Gasteiger partial charge in [-0.2, -0.15) is 15.4 Å². The Labute approximate surface area is 135 Å². The van der Waals surface area contributed by atoms with Gasteiger partial charge in [-0.1, -0.05) is 50.6 Å². The lowest BCUT2D eigenvalue weighted by atomic mass is 9.85. The number of aromatic amines is 1. The lowest BCUT2D eigenvalue weighted by Gasteiger charge is -2.20. The van der Waals surface area contributed by atoms with Crippen LogP contribution in [0.1, 0.15) is 31.9 Å². The predicted molar refractivity (Wildman–Crippen MR) is 90.4 cm³/mol. The van der Waals surface area contributed by atoms with Gasteiger partial charge in [0.2, 0.25) is 0 Å². The summed E-state index contributed by atoms with van der Waals surface area (Å²) in [5, 5.41) is 20.6. The second-order valence-corrected chi connectivity index (χ2v) is 6.61. The molecule has 5 heteroatoms. The molecule has 0 radical (unpaired) electrons. The van der Waals surface area contributed by atoms with Crippen LogP contribution in [0.15, 0.2) is 36.4 Å². The smallest absolute Gasteiger partial charge is 0.122 e. The summed E-state index contributed by atoms with van der Waals surface area (Å²) in [6.45, 7) is 8.22. The molecular weight excluding hydrogens is 298 g/mol. The number of phenols is 1. The van der Waals surface area contributed by atoms with Crippen molar-refractivity contribution < 1.29 is 5.11 Å². The summed E-state index contributed by atoms with van der Waals surface area (Å²) in [4.78, 5) is 0. The normalized spacial score (nSPS) is 11.1. The van der Waals surface area contributed by atoms with Gasteiger partial charge in [-0.05, 0) is 41.7 Å². The van der Waals surface area contributed by atoms with Gasteiger partial charge in [-0.3, -0.25) is 0 Å². The number of phenolic OH excluding ortho intramolecular Hbond substituents is 1. The Hall–Kier alpha value is -2.07. The summed E-state index contributed by atoms with van der Waals surface area (Å²) < 4.78 is 0. The van der Waals surface area contributed by atoms with Crippen molar-refractivity contribution in [2.75, 3.05) is 0 Å². The Morgan fingerprint density at radius 3 is 2.36 bits per heavy atom. The number of hydrogen-bond donors (Lipinski definition) is 2. The minimum atomic E-state index is 0.0239. The first kappa shape index (κ1) is 16.3. The number of aromatic nitrogens is 3. The minimum Gasteiger partial charge on any atom is -0.507 e. The Morgan fingerprint density at radius 1 is 1.05 bits per heavy atom. The van der Waals surface area contributed by atoms with E-state index in [0.717, 1.165) is 22.2 Å². The number of fused-ring (bicyclic) bond motifs is 1. The van der Waals surface area contributed by atoms with Crippen LogP contribution in [-0.4, -0.2) is 20.5 Å². The number of hydrogen-bond acceptors (Lipinski definition) is 3. The molecule has 0 saturated carbocycles. The van der Waals surface area contributed by atoms with Crippen LogP contribution < -0.4 is 0 Å². The number of nitrogens with one attached hydrogen (secondary N) is 1. The molecule has 2 aromatic carbocycles. The molecule has 0 unspecified atom stereocenters. The highest BCUT2D eigenvalue weighted by Crippen LogP contribution is 2.32. The third kappa shape index (κ3) is 3.77. The zero-order chi connectivity index (χ0) is 16.3. The zero-order valence-electron chi connectivity index (χ0n) is 13.2. The van der Waals surface area contributed by atoms with E-state index in [-0.39, 0.29) is 5.41 Å². The van der Waals surface area contributed by atoms with Crippen LogP contribution >= 0.6 is 11.6 Å². The quantitative estimate of drug-likeness (QED) is 0.636. The fraction of sp³-hybridized carbons (Fsp3) is 0.294.